The van der Waals surface area contributed by atoms with Gasteiger partial charge in [-0.15, -0.1) is 6.58 Å². The first-order valence-electron chi connectivity index (χ1n) is 8.99. The molecule has 5 heteroatoms. The molecular formula is C22H25NO4. The monoisotopic (exact) mass is 367 g/mol. The van der Waals surface area contributed by atoms with Gasteiger partial charge in [0.2, 0.25) is 0 Å². The van der Waals surface area contributed by atoms with Gasteiger partial charge in [0.25, 0.3) is 5.91 Å². The molecule has 1 saturated heterocycles. The summed E-state index contributed by atoms with van der Waals surface area (Å²) in [5.41, 5.74) is 2.54. The lowest BCUT2D eigenvalue weighted by atomic mass is 10.0. The summed E-state index contributed by atoms with van der Waals surface area (Å²) in [6.45, 7) is 5.38. The average molecular weight is 367 g/mol. The van der Waals surface area contributed by atoms with Crippen LogP contribution in [0.1, 0.15) is 27.6 Å². The Bertz CT molecular complexity index is 803. The van der Waals surface area contributed by atoms with E-state index in [0.717, 1.165) is 11.1 Å². The molecule has 142 valence electrons. The third-order valence-corrected chi connectivity index (χ3v) is 4.69. The first-order valence-corrected chi connectivity index (χ1v) is 8.99. The van der Waals surface area contributed by atoms with Gasteiger partial charge in [-0.3, -0.25) is 4.79 Å². The van der Waals surface area contributed by atoms with Gasteiger partial charge in [0.15, 0.2) is 11.5 Å². The summed E-state index contributed by atoms with van der Waals surface area (Å²) in [6, 6.07) is 13.6. The topological polar surface area (TPSA) is 48.0 Å². The zero-order chi connectivity index (χ0) is 19.2. The Morgan fingerprint density at radius 3 is 2.70 bits per heavy atom. The van der Waals surface area contributed by atoms with Gasteiger partial charge in [-0.1, -0.05) is 36.4 Å². The van der Waals surface area contributed by atoms with Crippen LogP contribution in [0.2, 0.25) is 0 Å². The van der Waals surface area contributed by atoms with E-state index in [0.29, 0.717) is 43.2 Å². The van der Waals surface area contributed by atoms with Gasteiger partial charge in [0.05, 0.1) is 27.4 Å². The molecule has 0 aromatic heterocycles. The molecule has 0 spiro atoms. The Balaban J connectivity index is 1.86. The highest BCUT2D eigenvalue weighted by Gasteiger charge is 2.27. The smallest absolute Gasteiger partial charge is 0.254 e. The minimum Gasteiger partial charge on any atom is -0.493 e. The van der Waals surface area contributed by atoms with Crippen molar-refractivity contribution in [1.29, 1.82) is 0 Å². The van der Waals surface area contributed by atoms with E-state index >= 15 is 0 Å². The molecule has 5 nitrogen and oxygen atoms in total. The molecule has 1 unspecified atom stereocenters. The van der Waals surface area contributed by atoms with Crippen molar-refractivity contribution in [1.82, 2.24) is 4.90 Å². The molecule has 1 amide bonds. The summed E-state index contributed by atoms with van der Waals surface area (Å²) < 4.78 is 16.8. The zero-order valence-electron chi connectivity index (χ0n) is 15.8. The molecule has 0 bridgehead atoms. The summed E-state index contributed by atoms with van der Waals surface area (Å²) in [5.74, 6) is 1.15. The number of hydrogen-bond donors (Lipinski definition) is 0. The van der Waals surface area contributed by atoms with Crippen molar-refractivity contribution in [3.63, 3.8) is 0 Å². The lowest BCUT2D eigenvalue weighted by Crippen LogP contribution is -2.42. The van der Waals surface area contributed by atoms with E-state index in [2.05, 4.69) is 6.58 Å². The van der Waals surface area contributed by atoms with Crippen molar-refractivity contribution < 1.29 is 19.0 Å². The molecule has 0 N–H and O–H groups in total. The Morgan fingerprint density at radius 2 is 2.04 bits per heavy atom. The average Bonchev–Trinajstić information content (AvgIpc) is 2.73. The first-order chi connectivity index (χ1) is 13.2. The van der Waals surface area contributed by atoms with Crippen LogP contribution < -0.4 is 9.47 Å². The highest BCUT2D eigenvalue weighted by atomic mass is 16.5. The maximum atomic E-state index is 13.1. The number of ether oxygens (including phenoxy) is 3. The number of methoxy groups -OCH3 is 2. The van der Waals surface area contributed by atoms with Crippen LogP contribution in [0.4, 0.5) is 0 Å². The summed E-state index contributed by atoms with van der Waals surface area (Å²) in [6.07, 6.45) is 2.26. The second-order valence-electron chi connectivity index (χ2n) is 6.38. The van der Waals surface area contributed by atoms with Crippen LogP contribution in [0.25, 0.3) is 0 Å². The van der Waals surface area contributed by atoms with Crippen molar-refractivity contribution >= 4 is 5.91 Å². The summed E-state index contributed by atoms with van der Waals surface area (Å²) in [7, 11) is 3.17. The van der Waals surface area contributed by atoms with Crippen molar-refractivity contribution in [2.24, 2.45) is 0 Å². The predicted octanol–water partition coefficient (Wildman–Crippen LogP) is 3.65. The van der Waals surface area contributed by atoms with E-state index in [-0.39, 0.29) is 12.0 Å². The third-order valence-electron chi connectivity index (χ3n) is 4.69. The van der Waals surface area contributed by atoms with E-state index in [1.54, 1.807) is 26.4 Å². The van der Waals surface area contributed by atoms with Crippen molar-refractivity contribution in [3.8, 4) is 11.5 Å². The highest BCUT2D eigenvalue weighted by Crippen LogP contribution is 2.34. The Hall–Kier alpha value is -2.79. The zero-order valence-corrected chi connectivity index (χ0v) is 15.8. The molecule has 2 aromatic rings. The molecule has 0 aliphatic carbocycles. The number of hydrogen-bond acceptors (Lipinski definition) is 4. The van der Waals surface area contributed by atoms with Crippen LogP contribution in [-0.2, 0) is 11.2 Å². The standard InChI is InChI=1S/C22H25NO4/c1-4-8-17-13-18(14-19(25-2)21(17)26-3)22(24)23-11-12-27-20(15-23)16-9-6-5-7-10-16/h4-7,9-10,13-14,20H,1,8,11-12,15H2,2-3H3. The Kier molecular flexibility index (Phi) is 6.14. The van der Waals surface area contributed by atoms with Crippen molar-refractivity contribution in [2.75, 3.05) is 33.9 Å². The molecule has 1 fully saturated rings. The van der Waals surface area contributed by atoms with Crippen molar-refractivity contribution in [2.45, 2.75) is 12.5 Å². The Labute approximate surface area is 160 Å². The van der Waals surface area contributed by atoms with Crippen molar-refractivity contribution in [3.05, 3.63) is 71.8 Å². The summed E-state index contributed by atoms with van der Waals surface area (Å²) >= 11 is 0. The van der Waals surface area contributed by atoms with Gasteiger partial charge in [-0.25, -0.2) is 0 Å². The number of nitrogens with zero attached hydrogens (tertiary/aromatic N) is 1. The molecule has 0 saturated carbocycles. The van der Waals surface area contributed by atoms with Gasteiger partial charge in [-0.05, 0) is 24.1 Å². The van der Waals surface area contributed by atoms with Crippen LogP contribution in [-0.4, -0.2) is 44.7 Å². The minimum absolute atomic E-state index is 0.0366. The lowest BCUT2D eigenvalue weighted by molar-refractivity contribution is -0.0228. The van der Waals surface area contributed by atoms with E-state index in [4.69, 9.17) is 14.2 Å². The second-order valence-corrected chi connectivity index (χ2v) is 6.38. The van der Waals surface area contributed by atoms with Gasteiger partial charge in [0.1, 0.15) is 6.10 Å². The predicted molar refractivity (Wildman–Crippen MR) is 104 cm³/mol. The highest BCUT2D eigenvalue weighted by molar-refractivity contribution is 5.95. The van der Waals surface area contributed by atoms with Crippen LogP contribution in [0.3, 0.4) is 0 Å². The number of carbonyl (C=O) groups excluding carboxylic acids is 1. The number of amides is 1. The van der Waals surface area contributed by atoms with Crippen LogP contribution in [0.5, 0.6) is 11.5 Å². The summed E-state index contributed by atoms with van der Waals surface area (Å²) in [4.78, 5) is 15.0. The largest absolute Gasteiger partial charge is 0.493 e. The van der Waals surface area contributed by atoms with Crippen LogP contribution >= 0.6 is 0 Å². The maximum Gasteiger partial charge on any atom is 0.254 e. The number of carbonyl (C=O) groups is 1. The molecular weight excluding hydrogens is 342 g/mol. The van der Waals surface area contributed by atoms with E-state index in [1.807, 2.05) is 41.3 Å². The Morgan fingerprint density at radius 1 is 1.26 bits per heavy atom. The molecule has 0 radical (unpaired) electrons. The quantitative estimate of drug-likeness (QED) is 0.732. The lowest BCUT2D eigenvalue weighted by Gasteiger charge is -2.33. The summed E-state index contributed by atoms with van der Waals surface area (Å²) in [5, 5.41) is 0. The van der Waals surface area contributed by atoms with Crippen LogP contribution in [0.15, 0.2) is 55.1 Å². The molecule has 1 aliphatic rings. The van der Waals surface area contributed by atoms with Gasteiger partial charge >= 0.3 is 0 Å². The molecule has 3 rings (SSSR count). The van der Waals surface area contributed by atoms with E-state index in [1.165, 1.54) is 0 Å². The second kappa shape index (κ2) is 8.73. The number of allylic oxidation sites excluding steroid dienone is 1. The minimum atomic E-state index is -0.114. The van der Waals surface area contributed by atoms with Gasteiger partial charge in [-0.2, -0.15) is 0 Å². The molecule has 2 aromatic carbocycles. The van der Waals surface area contributed by atoms with Gasteiger partial charge in [0, 0.05) is 17.7 Å². The fraction of sp³-hybridized carbons (Fsp3) is 0.318. The fourth-order valence-electron chi connectivity index (χ4n) is 3.36. The third kappa shape index (κ3) is 4.14. The molecule has 1 aliphatic heterocycles. The van der Waals surface area contributed by atoms with Crippen LogP contribution in [0, 0.1) is 0 Å². The molecule has 1 atom stereocenters. The molecule has 27 heavy (non-hydrogen) atoms. The fourth-order valence-corrected chi connectivity index (χ4v) is 3.36. The van der Waals surface area contributed by atoms with E-state index < -0.39 is 0 Å². The number of rotatable bonds is 6. The number of benzene rings is 2. The van der Waals surface area contributed by atoms with Gasteiger partial charge < -0.3 is 19.1 Å². The normalized spacial score (nSPS) is 16.7. The first kappa shape index (κ1) is 19.0. The SMILES string of the molecule is C=CCc1cc(C(=O)N2CCOC(c3ccccc3)C2)cc(OC)c1OC. The maximum absolute atomic E-state index is 13.1. The van der Waals surface area contributed by atoms with E-state index in [9.17, 15) is 4.79 Å². The molecule has 1 heterocycles. The number of morpholine rings is 1.